The maximum absolute atomic E-state index is 11.9. The molecular weight excluding hydrogens is 211 g/mol. The Bertz CT molecular complexity index is 337. The molecule has 0 aliphatic rings. The fourth-order valence-electron chi connectivity index (χ4n) is 0.881. The maximum Gasteiger partial charge on any atom is 0.423 e. The van der Waals surface area contributed by atoms with E-state index in [-0.39, 0.29) is 5.69 Å². The molecular formula is C9H8F3NO2. The van der Waals surface area contributed by atoms with Crippen LogP contribution in [0, 0.1) is 0 Å². The fourth-order valence-corrected chi connectivity index (χ4v) is 0.881. The van der Waals surface area contributed by atoms with Gasteiger partial charge in [-0.3, -0.25) is 4.79 Å². The molecule has 2 N–H and O–H groups in total. The van der Waals surface area contributed by atoms with E-state index in [0.717, 1.165) is 0 Å². The van der Waals surface area contributed by atoms with Crippen molar-refractivity contribution in [3.63, 3.8) is 0 Å². The summed E-state index contributed by atoms with van der Waals surface area (Å²) >= 11 is 0. The highest BCUT2D eigenvalue weighted by atomic mass is 19.4. The lowest BCUT2D eigenvalue weighted by atomic mass is 10.3. The molecule has 15 heavy (non-hydrogen) atoms. The zero-order valence-corrected chi connectivity index (χ0v) is 7.45. The zero-order chi connectivity index (χ0) is 11.5. The molecule has 0 spiro atoms. The van der Waals surface area contributed by atoms with E-state index in [0.29, 0.717) is 0 Å². The predicted octanol–water partition coefficient (Wildman–Crippen LogP) is 1.55. The van der Waals surface area contributed by atoms with E-state index in [1.165, 1.54) is 12.1 Å². The van der Waals surface area contributed by atoms with Gasteiger partial charge in [0, 0.05) is 5.69 Å². The first-order chi connectivity index (χ1) is 6.91. The smallest absolute Gasteiger partial charge is 0.376 e. The summed E-state index contributed by atoms with van der Waals surface area (Å²) in [6.07, 6.45) is -7.95. The van der Waals surface area contributed by atoms with Gasteiger partial charge < -0.3 is 10.4 Å². The summed E-state index contributed by atoms with van der Waals surface area (Å²) in [6, 6.07) is 7.59. The van der Waals surface area contributed by atoms with Crippen molar-refractivity contribution in [3.8, 4) is 0 Å². The third kappa shape index (κ3) is 3.25. The molecule has 0 bridgehead atoms. The number of benzene rings is 1. The molecule has 0 aromatic heterocycles. The molecule has 1 aromatic rings. The third-order valence-electron chi connectivity index (χ3n) is 1.60. The number of alkyl halides is 3. The van der Waals surface area contributed by atoms with Crippen LogP contribution < -0.4 is 5.32 Å². The maximum atomic E-state index is 11.9. The summed E-state index contributed by atoms with van der Waals surface area (Å²) in [6.45, 7) is 0. The van der Waals surface area contributed by atoms with Crippen molar-refractivity contribution in [2.75, 3.05) is 5.32 Å². The fraction of sp³-hybridized carbons (Fsp3) is 0.222. The second kappa shape index (κ2) is 4.31. The van der Waals surface area contributed by atoms with E-state index in [9.17, 15) is 18.0 Å². The topological polar surface area (TPSA) is 49.3 Å². The van der Waals surface area contributed by atoms with Gasteiger partial charge in [0.05, 0.1) is 0 Å². The van der Waals surface area contributed by atoms with Crippen molar-refractivity contribution in [1.82, 2.24) is 0 Å². The molecule has 1 atom stereocenters. The number of halogens is 3. The number of aliphatic hydroxyl groups excluding tert-OH is 1. The van der Waals surface area contributed by atoms with Crippen molar-refractivity contribution >= 4 is 11.6 Å². The number of carbonyl (C=O) groups excluding carboxylic acids is 1. The molecule has 1 rings (SSSR count). The molecule has 0 heterocycles. The largest absolute Gasteiger partial charge is 0.423 e. The molecule has 1 amide bonds. The SMILES string of the molecule is O=C(Nc1ccccc1)C(O)C(F)(F)F. The molecule has 0 radical (unpaired) electrons. The van der Waals surface area contributed by atoms with Crippen LogP contribution in [0.25, 0.3) is 0 Å². The summed E-state index contributed by atoms with van der Waals surface area (Å²) in [5, 5.41) is 10.5. The van der Waals surface area contributed by atoms with Gasteiger partial charge in [-0.1, -0.05) is 18.2 Å². The van der Waals surface area contributed by atoms with E-state index >= 15 is 0 Å². The molecule has 1 aromatic carbocycles. The Labute approximate surface area is 83.5 Å². The number of rotatable bonds is 2. The Hall–Kier alpha value is -1.56. The van der Waals surface area contributed by atoms with Crippen LogP contribution in [0.2, 0.25) is 0 Å². The molecule has 0 aliphatic heterocycles. The molecule has 3 nitrogen and oxygen atoms in total. The van der Waals surface area contributed by atoms with Crippen LogP contribution in [0.5, 0.6) is 0 Å². The zero-order valence-electron chi connectivity index (χ0n) is 7.45. The van der Waals surface area contributed by atoms with Crippen LogP contribution in [0.15, 0.2) is 30.3 Å². The van der Waals surface area contributed by atoms with E-state index < -0.39 is 18.2 Å². The number of anilines is 1. The monoisotopic (exact) mass is 219 g/mol. The predicted molar refractivity (Wildman–Crippen MR) is 47.1 cm³/mol. The first-order valence-electron chi connectivity index (χ1n) is 4.02. The first-order valence-corrected chi connectivity index (χ1v) is 4.02. The van der Waals surface area contributed by atoms with Crippen LogP contribution in [-0.4, -0.2) is 23.3 Å². The van der Waals surface area contributed by atoms with Gasteiger partial charge in [0.2, 0.25) is 6.10 Å². The Balaban J connectivity index is 2.65. The van der Waals surface area contributed by atoms with Crippen LogP contribution >= 0.6 is 0 Å². The van der Waals surface area contributed by atoms with Gasteiger partial charge >= 0.3 is 6.18 Å². The van der Waals surface area contributed by atoms with Gasteiger partial charge in [-0.05, 0) is 12.1 Å². The van der Waals surface area contributed by atoms with Crippen molar-refractivity contribution in [2.45, 2.75) is 12.3 Å². The van der Waals surface area contributed by atoms with Crippen LogP contribution in [0.4, 0.5) is 18.9 Å². The van der Waals surface area contributed by atoms with Crippen molar-refractivity contribution in [3.05, 3.63) is 30.3 Å². The number of nitrogens with one attached hydrogen (secondary N) is 1. The molecule has 1 unspecified atom stereocenters. The number of hydrogen-bond acceptors (Lipinski definition) is 2. The summed E-state index contributed by atoms with van der Waals surface area (Å²) in [5.74, 6) is -1.49. The first kappa shape index (κ1) is 11.5. The second-order valence-electron chi connectivity index (χ2n) is 2.80. The second-order valence-corrected chi connectivity index (χ2v) is 2.80. The standard InChI is InChI=1S/C9H8F3NO2/c10-9(11,12)7(14)8(15)13-6-4-2-1-3-5-6/h1-5,7,14H,(H,13,15). The highest BCUT2D eigenvalue weighted by molar-refractivity contribution is 5.94. The van der Waals surface area contributed by atoms with Gasteiger partial charge in [-0.2, -0.15) is 13.2 Å². The minimum absolute atomic E-state index is 0.200. The highest BCUT2D eigenvalue weighted by Gasteiger charge is 2.43. The van der Waals surface area contributed by atoms with Gasteiger partial charge in [-0.25, -0.2) is 0 Å². The molecule has 6 heteroatoms. The molecule has 0 saturated heterocycles. The lowest BCUT2D eigenvalue weighted by molar-refractivity contribution is -0.202. The van der Waals surface area contributed by atoms with Crippen molar-refractivity contribution in [1.29, 1.82) is 0 Å². The van der Waals surface area contributed by atoms with Crippen molar-refractivity contribution in [2.24, 2.45) is 0 Å². The Kier molecular flexibility index (Phi) is 3.31. The van der Waals surface area contributed by atoms with Gasteiger partial charge in [0.1, 0.15) is 0 Å². The molecule has 0 aliphatic carbocycles. The number of amides is 1. The average Bonchev–Trinajstić information content (AvgIpc) is 2.16. The third-order valence-corrected chi connectivity index (χ3v) is 1.60. The summed E-state index contributed by atoms with van der Waals surface area (Å²) in [4.78, 5) is 10.9. The lowest BCUT2D eigenvalue weighted by Gasteiger charge is -2.13. The van der Waals surface area contributed by atoms with E-state index in [1.54, 1.807) is 18.2 Å². The molecule has 0 saturated carbocycles. The van der Waals surface area contributed by atoms with Gasteiger partial charge in [0.25, 0.3) is 5.91 Å². The minimum Gasteiger partial charge on any atom is -0.376 e. The van der Waals surface area contributed by atoms with E-state index in [1.807, 2.05) is 5.32 Å². The Morgan fingerprint density at radius 1 is 1.27 bits per heavy atom. The number of carbonyl (C=O) groups is 1. The van der Waals surface area contributed by atoms with E-state index in [2.05, 4.69) is 0 Å². The van der Waals surface area contributed by atoms with Crippen LogP contribution in [0.1, 0.15) is 0 Å². The van der Waals surface area contributed by atoms with Crippen LogP contribution in [0.3, 0.4) is 0 Å². The van der Waals surface area contributed by atoms with E-state index in [4.69, 9.17) is 5.11 Å². The number of aliphatic hydroxyl groups is 1. The molecule has 0 fully saturated rings. The highest BCUT2D eigenvalue weighted by Crippen LogP contribution is 2.21. The average molecular weight is 219 g/mol. The normalized spacial score (nSPS) is 13.3. The Morgan fingerprint density at radius 2 is 1.80 bits per heavy atom. The minimum atomic E-state index is -4.95. The summed E-state index contributed by atoms with van der Waals surface area (Å²) < 4.78 is 35.7. The lowest BCUT2D eigenvalue weighted by Crippen LogP contribution is -2.40. The van der Waals surface area contributed by atoms with Crippen LogP contribution in [-0.2, 0) is 4.79 Å². The van der Waals surface area contributed by atoms with Gasteiger partial charge in [0.15, 0.2) is 0 Å². The quantitative estimate of drug-likeness (QED) is 0.792. The summed E-state index contributed by atoms with van der Waals surface area (Å²) in [5.41, 5.74) is 0.200. The van der Waals surface area contributed by atoms with Gasteiger partial charge in [-0.15, -0.1) is 0 Å². The van der Waals surface area contributed by atoms with Crippen molar-refractivity contribution < 1.29 is 23.1 Å². The Morgan fingerprint density at radius 3 is 2.27 bits per heavy atom. The molecule has 82 valence electrons. The number of para-hydroxylation sites is 1. The summed E-state index contributed by atoms with van der Waals surface area (Å²) in [7, 11) is 0. The number of hydrogen-bond donors (Lipinski definition) is 2.